The summed E-state index contributed by atoms with van der Waals surface area (Å²) in [4.78, 5) is 43.8. The number of fused-ring (bicyclic) bond motifs is 1. The van der Waals surface area contributed by atoms with E-state index in [4.69, 9.17) is 9.47 Å². The summed E-state index contributed by atoms with van der Waals surface area (Å²) in [5.74, 6) is 0.559. The van der Waals surface area contributed by atoms with Crippen LogP contribution in [-0.4, -0.2) is 47.0 Å². The van der Waals surface area contributed by atoms with Gasteiger partial charge in [-0.2, -0.15) is 0 Å². The molecule has 1 aliphatic heterocycles. The maximum absolute atomic E-state index is 13.1. The van der Waals surface area contributed by atoms with Crippen molar-refractivity contribution < 1.29 is 23.9 Å². The van der Waals surface area contributed by atoms with E-state index >= 15 is 0 Å². The van der Waals surface area contributed by atoms with Gasteiger partial charge in [0.1, 0.15) is 0 Å². The van der Waals surface area contributed by atoms with Crippen molar-refractivity contribution in [2.24, 2.45) is 0 Å². The molecule has 182 valence electrons. The molecule has 0 spiro atoms. The number of aryl methyl sites for hydroxylation is 1. The van der Waals surface area contributed by atoms with E-state index in [-0.39, 0.29) is 56.5 Å². The molecule has 2 aromatic rings. The Morgan fingerprint density at radius 1 is 1.09 bits per heavy atom. The van der Waals surface area contributed by atoms with E-state index in [2.05, 4.69) is 15.6 Å². The quantitative estimate of drug-likeness (QED) is 0.562. The van der Waals surface area contributed by atoms with E-state index in [0.29, 0.717) is 16.6 Å². The maximum Gasteiger partial charge on any atom is 0.239 e. The minimum Gasteiger partial charge on any atom is -0.454 e. The minimum absolute atomic E-state index is 0.00253. The minimum atomic E-state index is -0.280. The van der Waals surface area contributed by atoms with Crippen molar-refractivity contribution in [2.75, 3.05) is 18.7 Å². The number of aromatic nitrogens is 1. The lowest BCUT2D eigenvalue weighted by Crippen LogP contribution is -2.44. The van der Waals surface area contributed by atoms with Gasteiger partial charge >= 0.3 is 0 Å². The topological polar surface area (TPSA) is 110 Å². The van der Waals surface area contributed by atoms with Crippen LogP contribution in [0.4, 0.5) is 5.13 Å². The number of amides is 3. The number of nitrogens with one attached hydrogen (secondary N) is 2. The Balaban J connectivity index is 1.37. The van der Waals surface area contributed by atoms with Crippen molar-refractivity contribution in [2.45, 2.75) is 64.5 Å². The molecule has 3 amide bonds. The fraction of sp³-hybridized carbons (Fsp3) is 0.500. The normalized spacial score (nSPS) is 15.1. The van der Waals surface area contributed by atoms with Crippen LogP contribution in [0.2, 0.25) is 0 Å². The molecule has 1 aliphatic carbocycles. The summed E-state index contributed by atoms with van der Waals surface area (Å²) >= 11 is 1.34. The summed E-state index contributed by atoms with van der Waals surface area (Å²) in [7, 11) is 0. The number of benzene rings is 1. The summed E-state index contributed by atoms with van der Waals surface area (Å²) in [6, 6.07) is 5.63. The molecular weight excluding hydrogens is 456 g/mol. The molecule has 0 radical (unpaired) electrons. The summed E-state index contributed by atoms with van der Waals surface area (Å²) in [5.41, 5.74) is 1.65. The van der Waals surface area contributed by atoms with E-state index < -0.39 is 0 Å². The third kappa shape index (κ3) is 6.69. The number of nitrogens with zero attached hydrogens (tertiary/aromatic N) is 2. The first-order valence-electron chi connectivity index (χ1n) is 11.6. The van der Waals surface area contributed by atoms with Gasteiger partial charge in [0, 0.05) is 30.8 Å². The van der Waals surface area contributed by atoms with Gasteiger partial charge in [-0.25, -0.2) is 4.98 Å². The zero-order valence-corrected chi connectivity index (χ0v) is 20.1. The number of hydrogen-bond acceptors (Lipinski definition) is 7. The Bertz CT molecular complexity index is 1030. The highest BCUT2D eigenvalue weighted by atomic mass is 32.1. The third-order valence-electron chi connectivity index (χ3n) is 5.90. The molecule has 0 saturated heterocycles. The molecule has 9 nitrogen and oxygen atoms in total. The van der Waals surface area contributed by atoms with Crippen molar-refractivity contribution in [1.29, 1.82) is 0 Å². The Morgan fingerprint density at radius 2 is 1.88 bits per heavy atom. The molecule has 2 heterocycles. The van der Waals surface area contributed by atoms with Crippen molar-refractivity contribution >= 4 is 34.2 Å². The number of thiazole rings is 1. The highest BCUT2D eigenvalue weighted by Crippen LogP contribution is 2.33. The van der Waals surface area contributed by atoms with Gasteiger partial charge in [0.05, 0.1) is 12.2 Å². The molecule has 1 aromatic heterocycles. The van der Waals surface area contributed by atoms with Crippen LogP contribution in [0.25, 0.3) is 0 Å². The number of carbonyl (C=O) groups excluding carboxylic acids is 3. The molecule has 1 fully saturated rings. The number of rotatable bonds is 9. The standard InChI is InChI=1S/C24H30N4O5S/c1-16-14-34-24(25-16)27-21(29)9-10-23(31)28(13-22(30)26-18-5-3-2-4-6-18)12-17-7-8-19-20(11-17)33-15-32-19/h7-8,11,14,18H,2-6,9-10,12-13,15H2,1H3,(H,26,30)(H,25,27,29). The zero-order chi connectivity index (χ0) is 23.9. The number of ether oxygens (including phenoxy) is 2. The van der Waals surface area contributed by atoms with Crippen molar-refractivity contribution in [3.05, 3.63) is 34.8 Å². The predicted octanol–water partition coefficient (Wildman–Crippen LogP) is 3.38. The van der Waals surface area contributed by atoms with Gasteiger partial charge in [-0.05, 0) is 37.5 Å². The van der Waals surface area contributed by atoms with Crippen LogP contribution in [0.1, 0.15) is 56.2 Å². The number of hydrogen-bond donors (Lipinski definition) is 2. The van der Waals surface area contributed by atoms with Crippen LogP contribution in [0, 0.1) is 6.92 Å². The molecule has 1 aromatic carbocycles. The van der Waals surface area contributed by atoms with Crippen molar-refractivity contribution in [1.82, 2.24) is 15.2 Å². The lowest BCUT2D eigenvalue weighted by atomic mass is 9.95. The van der Waals surface area contributed by atoms with Gasteiger partial charge in [-0.15, -0.1) is 11.3 Å². The molecule has 10 heteroatoms. The first kappa shape index (κ1) is 24.0. The average molecular weight is 487 g/mol. The van der Waals surface area contributed by atoms with Gasteiger partial charge in [0.25, 0.3) is 0 Å². The van der Waals surface area contributed by atoms with Gasteiger partial charge in [-0.3, -0.25) is 14.4 Å². The van der Waals surface area contributed by atoms with Crippen molar-refractivity contribution in [3.63, 3.8) is 0 Å². The van der Waals surface area contributed by atoms with Crippen molar-refractivity contribution in [3.8, 4) is 11.5 Å². The first-order chi connectivity index (χ1) is 16.5. The SMILES string of the molecule is Cc1csc(NC(=O)CCC(=O)N(CC(=O)NC2CCCCC2)Cc2ccc3c(c2)OCO3)n1. The first-order valence-corrected chi connectivity index (χ1v) is 12.5. The lowest BCUT2D eigenvalue weighted by molar-refractivity contribution is -0.137. The van der Waals surface area contributed by atoms with E-state index in [9.17, 15) is 14.4 Å². The highest BCUT2D eigenvalue weighted by molar-refractivity contribution is 7.13. The van der Waals surface area contributed by atoms with Gasteiger partial charge in [-0.1, -0.05) is 25.3 Å². The zero-order valence-electron chi connectivity index (χ0n) is 19.3. The lowest BCUT2D eigenvalue weighted by Gasteiger charge is -2.26. The average Bonchev–Trinajstić information content (AvgIpc) is 3.45. The fourth-order valence-electron chi connectivity index (χ4n) is 4.16. The summed E-state index contributed by atoms with van der Waals surface area (Å²) in [6.07, 6.45) is 5.37. The van der Waals surface area contributed by atoms with Crippen LogP contribution >= 0.6 is 11.3 Å². The largest absolute Gasteiger partial charge is 0.454 e. The molecule has 4 rings (SSSR count). The molecule has 0 bridgehead atoms. The Labute approximate surface area is 202 Å². The van der Waals surface area contributed by atoms with Crippen LogP contribution in [0.5, 0.6) is 11.5 Å². The highest BCUT2D eigenvalue weighted by Gasteiger charge is 2.23. The molecule has 2 aliphatic rings. The molecule has 1 saturated carbocycles. The number of carbonyl (C=O) groups is 3. The molecular formula is C24H30N4O5S. The summed E-state index contributed by atoms with van der Waals surface area (Å²) in [5, 5.41) is 8.14. The van der Waals surface area contributed by atoms with Crippen LogP contribution < -0.4 is 20.1 Å². The Hall–Kier alpha value is -3.14. The van der Waals surface area contributed by atoms with E-state index in [1.54, 1.807) is 6.07 Å². The fourth-order valence-corrected chi connectivity index (χ4v) is 4.86. The molecule has 0 unspecified atom stereocenters. The van der Waals surface area contributed by atoms with Gasteiger partial charge < -0.3 is 25.0 Å². The second-order valence-electron chi connectivity index (χ2n) is 8.68. The summed E-state index contributed by atoms with van der Waals surface area (Å²) in [6.45, 7) is 2.19. The summed E-state index contributed by atoms with van der Waals surface area (Å²) < 4.78 is 10.8. The van der Waals surface area contributed by atoms with E-state index in [1.807, 2.05) is 24.4 Å². The third-order valence-corrected chi connectivity index (χ3v) is 6.77. The van der Waals surface area contributed by atoms with Crippen LogP contribution in [0.15, 0.2) is 23.6 Å². The second-order valence-corrected chi connectivity index (χ2v) is 9.54. The molecule has 34 heavy (non-hydrogen) atoms. The molecule has 0 atom stereocenters. The monoisotopic (exact) mass is 486 g/mol. The maximum atomic E-state index is 13.1. The predicted molar refractivity (Wildman–Crippen MR) is 128 cm³/mol. The smallest absolute Gasteiger partial charge is 0.239 e. The van der Waals surface area contributed by atoms with E-state index in [0.717, 1.165) is 36.9 Å². The van der Waals surface area contributed by atoms with Gasteiger partial charge in [0.2, 0.25) is 24.5 Å². The van der Waals surface area contributed by atoms with Gasteiger partial charge in [0.15, 0.2) is 16.6 Å². The van der Waals surface area contributed by atoms with E-state index in [1.165, 1.54) is 22.7 Å². The second kappa shape index (κ2) is 11.3. The van der Waals surface area contributed by atoms with Crippen LogP contribution in [-0.2, 0) is 20.9 Å². The van der Waals surface area contributed by atoms with Crippen LogP contribution in [0.3, 0.4) is 0 Å². The Morgan fingerprint density at radius 3 is 2.65 bits per heavy atom. The Kier molecular flexibility index (Phi) is 7.99. The number of anilines is 1. The molecule has 2 N–H and O–H groups in total.